The fourth-order valence-electron chi connectivity index (χ4n) is 4.14. The fraction of sp³-hybridized carbons (Fsp3) is 0.706. The highest BCUT2D eigenvalue weighted by Gasteiger charge is 2.32. The molecule has 0 amide bonds. The highest BCUT2D eigenvalue weighted by molar-refractivity contribution is 5.35. The molecule has 1 aromatic rings. The molecular weight excluding hydrogens is 251 g/mol. The summed E-state index contributed by atoms with van der Waals surface area (Å²) in [4.78, 5) is 3.97. The summed E-state index contributed by atoms with van der Waals surface area (Å²) in [6.45, 7) is 0. The quantitative estimate of drug-likeness (QED) is 0.804. The molecule has 1 heterocycles. The maximum atomic E-state index is 13.2. The van der Waals surface area contributed by atoms with Crippen molar-refractivity contribution < 1.29 is 4.39 Å². The molecule has 0 bridgehead atoms. The van der Waals surface area contributed by atoms with Crippen molar-refractivity contribution in [3.05, 3.63) is 24.1 Å². The second kappa shape index (κ2) is 6.55. The lowest BCUT2D eigenvalue weighted by Gasteiger charge is -2.39. The zero-order chi connectivity index (χ0) is 13.8. The predicted molar refractivity (Wildman–Crippen MR) is 80.1 cm³/mol. The van der Waals surface area contributed by atoms with E-state index in [0.717, 1.165) is 11.8 Å². The Bertz CT molecular complexity index is 429. The van der Waals surface area contributed by atoms with Crippen LogP contribution in [0.25, 0.3) is 0 Å². The van der Waals surface area contributed by atoms with Crippen LogP contribution >= 0.6 is 0 Å². The van der Waals surface area contributed by atoms with Gasteiger partial charge in [0, 0.05) is 6.04 Å². The van der Waals surface area contributed by atoms with Crippen molar-refractivity contribution in [3.63, 3.8) is 0 Å². The van der Waals surface area contributed by atoms with Crippen molar-refractivity contribution >= 4 is 5.82 Å². The largest absolute Gasteiger partial charge is 0.367 e. The van der Waals surface area contributed by atoms with Gasteiger partial charge in [0.05, 0.1) is 0 Å². The van der Waals surface area contributed by atoms with Gasteiger partial charge in [0.25, 0.3) is 0 Å². The van der Waals surface area contributed by atoms with E-state index in [1.54, 1.807) is 6.07 Å². The van der Waals surface area contributed by atoms with Crippen molar-refractivity contribution in [3.8, 4) is 0 Å². The van der Waals surface area contributed by atoms with Crippen LogP contribution in [0.2, 0.25) is 0 Å². The van der Waals surface area contributed by atoms with E-state index in [1.807, 2.05) is 6.07 Å². The molecule has 0 aromatic carbocycles. The van der Waals surface area contributed by atoms with Gasteiger partial charge in [-0.3, -0.25) is 0 Å². The zero-order valence-electron chi connectivity index (χ0n) is 12.2. The first-order valence-electron chi connectivity index (χ1n) is 8.22. The van der Waals surface area contributed by atoms with Crippen molar-refractivity contribution in [2.45, 2.75) is 63.8 Å². The van der Waals surface area contributed by atoms with Crippen LogP contribution in [0.3, 0.4) is 0 Å². The van der Waals surface area contributed by atoms with Crippen LogP contribution < -0.4 is 5.32 Å². The molecule has 20 heavy (non-hydrogen) atoms. The van der Waals surface area contributed by atoms with Crippen LogP contribution in [-0.2, 0) is 0 Å². The van der Waals surface area contributed by atoms with Crippen molar-refractivity contribution in [2.24, 2.45) is 11.8 Å². The van der Waals surface area contributed by atoms with Crippen LogP contribution in [-0.4, -0.2) is 11.0 Å². The molecule has 1 N–H and O–H groups in total. The maximum Gasteiger partial charge on any atom is 0.214 e. The number of nitrogens with zero attached hydrogens (tertiary/aromatic N) is 1. The van der Waals surface area contributed by atoms with Gasteiger partial charge in [0.1, 0.15) is 5.82 Å². The summed E-state index contributed by atoms with van der Waals surface area (Å²) in [6, 6.07) is 5.52. The van der Waals surface area contributed by atoms with Crippen LogP contribution in [0.4, 0.5) is 10.2 Å². The summed E-state index contributed by atoms with van der Waals surface area (Å²) < 4.78 is 13.2. The van der Waals surface area contributed by atoms with E-state index in [2.05, 4.69) is 10.3 Å². The Morgan fingerprint density at radius 2 is 1.70 bits per heavy atom. The predicted octanol–water partition coefficient (Wildman–Crippen LogP) is 4.77. The average Bonchev–Trinajstić information content (AvgIpc) is 2.49. The number of aromatic nitrogens is 1. The SMILES string of the molecule is Fc1cccc(NC2CCCCC2C2CCCCC2)n1. The van der Waals surface area contributed by atoms with Crippen LogP contribution in [0, 0.1) is 17.8 Å². The molecule has 110 valence electrons. The summed E-state index contributed by atoms with van der Waals surface area (Å²) in [5.74, 6) is 1.95. The number of nitrogens with one attached hydrogen (secondary N) is 1. The minimum atomic E-state index is -0.389. The highest BCUT2D eigenvalue weighted by atomic mass is 19.1. The molecule has 2 saturated carbocycles. The number of pyridine rings is 1. The molecule has 1 aromatic heterocycles. The Kier molecular flexibility index (Phi) is 4.54. The van der Waals surface area contributed by atoms with Gasteiger partial charge >= 0.3 is 0 Å². The minimum absolute atomic E-state index is 0.389. The van der Waals surface area contributed by atoms with Crippen LogP contribution in [0.5, 0.6) is 0 Å². The maximum absolute atomic E-state index is 13.2. The van der Waals surface area contributed by atoms with Crippen molar-refractivity contribution in [1.29, 1.82) is 0 Å². The van der Waals surface area contributed by atoms with Gasteiger partial charge in [-0.15, -0.1) is 0 Å². The lowest BCUT2D eigenvalue weighted by Crippen LogP contribution is -2.37. The van der Waals surface area contributed by atoms with Gasteiger partial charge in [-0.2, -0.15) is 4.39 Å². The number of hydrogen-bond donors (Lipinski definition) is 1. The molecule has 0 spiro atoms. The second-order valence-corrected chi connectivity index (χ2v) is 6.44. The van der Waals surface area contributed by atoms with E-state index in [4.69, 9.17) is 0 Å². The Balaban J connectivity index is 1.68. The molecule has 0 radical (unpaired) electrons. The number of hydrogen-bond acceptors (Lipinski definition) is 2. The van der Waals surface area contributed by atoms with Gasteiger partial charge in [-0.1, -0.05) is 51.0 Å². The van der Waals surface area contributed by atoms with E-state index in [0.29, 0.717) is 11.9 Å². The number of halogens is 1. The summed E-state index contributed by atoms with van der Waals surface area (Å²) >= 11 is 0. The first kappa shape index (κ1) is 13.8. The lowest BCUT2D eigenvalue weighted by atomic mass is 9.71. The normalized spacial score (nSPS) is 28.2. The van der Waals surface area contributed by atoms with Crippen molar-refractivity contribution in [1.82, 2.24) is 4.98 Å². The van der Waals surface area contributed by atoms with Crippen LogP contribution in [0.15, 0.2) is 18.2 Å². The third-order valence-electron chi connectivity index (χ3n) is 5.12. The Morgan fingerprint density at radius 1 is 0.950 bits per heavy atom. The Morgan fingerprint density at radius 3 is 2.50 bits per heavy atom. The molecule has 0 aliphatic heterocycles. The molecule has 2 atom stereocenters. The molecule has 2 unspecified atom stereocenters. The highest BCUT2D eigenvalue weighted by Crippen LogP contribution is 2.39. The molecule has 3 rings (SSSR count). The molecule has 3 heteroatoms. The first-order chi connectivity index (χ1) is 9.83. The summed E-state index contributed by atoms with van der Waals surface area (Å²) in [5, 5.41) is 3.52. The third-order valence-corrected chi connectivity index (χ3v) is 5.12. The first-order valence-corrected chi connectivity index (χ1v) is 8.22. The summed E-state index contributed by atoms with van der Waals surface area (Å²) in [7, 11) is 0. The van der Waals surface area contributed by atoms with E-state index in [9.17, 15) is 4.39 Å². The third kappa shape index (κ3) is 3.31. The minimum Gasteiger partial charge on any atom is -0.367 e. The standard InChI is InChI=1S/C17H25FN2/c18-16-11-6-12-17(20-16)19-15-10-5-4-9-14(15)13-7-2-1-3-8-13/h6,11-15H,1-5,7-10H2,(H,19,20). The topological polar surface area (TPSA) is 24.9 Å². The van der Waals surface area contributed by atoms with E-state index >= 15 is 0 Å². The zero-order valence-corrected chi connectivity index (χ0v) is 12.2. The van der Waals surface area contributed by atoms with E-state index < -0.39 is 0 Å². The van der Waals surface area contributed by atoms with Crippen molar-refractivity contribution in [2.75, 3.05) is 5.32 Å². The molecular formula is C17H25FN2. The van der Waals surface area contributed by atoms with E-state index in [-0.39, 0.29) is 5.95 Å². The van der Waals surface area contributed by atoms with Gasteiger partial charge in [0.15, 0.2) is 0 Å². The van der Waals surface area contributed by atoms with Gasteiger partial charge in [-0.05, 0) is 36.8 Å². The molecule has 2 aliphatic rings. The second-order valence-electron chi connectivity index (χ2n) is 6.44. The molecule has 2 fully saturated rings. The van der Waals surface area contributed by atoms with Gasteiger partial charge in [0.2, 0.25) is 5.95 Å². The average molecular weight is 276 g/mol. The smallest absolute Gasteiger partial charge is 0.214 e. The Labute approximate surface area is 121 Å². The molecule has 2 aliphatic carbocycles. The van der Waals surface area contributed by atoms with Gasteiger partial charge in [-0.25, -0.2) is 4.98 Å². The summed E-state index contributed by atoms with van der Waals surface area (Å²) in [6.07, 6.45) is 12.2. The fourth-order valence-corrected chi connectivity index (χ4v) is 4.14. The Hall–Kier alpha value is -1.12. The van der Waals surface area contributed by atoms with Crippen LogP contribution in [0.1, 0.15) is 57.8 Å². The van der Waals surface area contributed by atoms with Gasteiger partial charge < -0.3 is 5.32 Å². The summed E-state index contributed by atoms with van der Waals surface area (Å²) in [5.41, 5.74) is 0. The monoisotopic (exact) mass is 276 g/mol. The lowest BCUT2D eigenvalue weighted by molar-refractivity contribution is 0.180. The molecule has 0 saturated heterocycles. The number of anilines is 1. The number of rotatable bonds is 3. The van der Waals surface area contributed by atoms with E-state index in [1.165, 1.54) is 63.9 Å². The molecule has 2 nitrogen and oxygen atoms in total.